The molecule has 2 rings (SSSR count). The van der Waals surface area contributed by atoms with Gasteiger partial charge in [-0.15, -0.1) is 0 Å². The molecule has 0 radical (unpaired) electrons. The Labute approximate surface area is 111 Å². The van der Waals surface area contributed by atoms with E-state index < -0.39 is 5.97 Å². The van der Waals surface area contributed by atoms with Crippen molar-refractivity contribution in [1.29, 1.82) is 0 Å². The number of nitrogens with zero attached hydrogens (tertiary/aromatic N) is 3. The molecule has 102 valence electrons. The molecule has 19 heavy (non-hydrogen) atoms. The summed E-state index contributed by atoms with van der Waals surface area (Å²) in [6.07, 6.45) is 3.95. The van der Waals surface area contributed by atoms with Crippen molar-refractivity contribution in [2.24, 2.45) is 7.05 Å². The average Bonchev–Trinajstić information content (AvgIpc) is 2.93. The van der Waals surface area contributed by atoms with Crippen LogP contribution in [0.15, 0.2) is 10.6 Å². The predicted octanol–water partition coefficient (Wildman–Crippen LogP) is 2.29. The van der Waals surface area contributed by atoms with Crippen molar-refractivity contribution >= 4 is 5.97 Å². The van der Waals surface area contributed by atoms with Gasteiger partial charge >= 0.3 is 5.97 Å². The predicted molar refractivity (Wildman–Crippen MR) is 69.0 cm³/mol. The van der Waals surface area contributed by atoms with Crippen molar-refractivity contribution in [1.82, 2.24) is 14.8 Å². The van der Waals surface area contributed by atoms with Gasteiger partial charge in [-0.3, -0.25) is 4.68 Å². The number of oxazole rings is 1. The average molecular weight is 263 g/mol. The van der Waals surface area contributed by atoms with E-state index in [1.165, 1.54) is 0 Å². The second-order valence-electron chi connectivity index (χ2n) is 4.37. The molecule has 0 aliphatic heterocycles. The lowest BCUT2D eigenvalue weighted by Gasteiger charge is -1.92. The van der Waals surface area contributed by atoms with Gasteiger partial charge in [-0.1, -0.05) is 20.3 Å². The Bertz CT molecular complexity index is 598. The minimum absolute atomic E-state index is 0.0669. The van der Waals surface area contributed by atoms with Gasteiger partial charge in [-0.25, -0.2) is 9.78 Å². The largest absolute Gasteiger partial charge is 0.475 e. The van der Waals surface area contributed by atoms with Crippen LogP contribution in [0.3, 0.4) is 0 Å². The summed E-state index contributed by atoms with van der Waals surface area (Å²) in [4.78, 5) is 15.5. The van der Waals surface area contributed by atoms with E-state index in [0.29, 0.717) is 18.0 Å². The van der Waals surface area contributed by atoms with Gasteiger partial charge in [0, 0.05) is 13.2 Å². The van der Waals surface area contributed by atoms with Crippen LogP contribution in [0.1, 0.15) is 42.2 Å². The zero-order valence-electron chi connectivity index (χ0n) is 11.3. The zero-order valence-corrected chi connectivity index (χ0v) is 11.3. The molecule has 0 saturated carbocycles. The maximum atomic E-state index is 11.1. The molecule has 0 amide bonds. The molecule has 0 bridgehead atoms. The van der Waals surface area contributed by atoms with Gasteiger partial charge in [-0.2, -0.15) is 5.10 Å². The smallest absolute Gasteiger partial charge is 0.373 e. The van der Waals surface area contributed by atoms with Gasteiger partial charge in [0.25, 0.3) is 0 Å². The number of rotatable bonds is 5. The van der Waals surface area contributed by atoms with Crippen molar-refractivity contribution in [3.8, 4) is 11.5 Å². The molecule has 0 saturated heterocycles. The van der Waals surface area contributed by atoms with Crippen LogP contribution in [0.2, 0.25) is 0 Å². The Balaban J connectivity index is 2.50. The summed E-state index contributed by atoms with van der Waals surface area (Å²) in [5, 5.41) is 13.4. The lowest BCUT2D eigenvalue weighted by atomic mass is 10.2. The first-order valence-corrected chi connectivity index (χ1v) is 6.32. The van der Waals surface area contributed by atoms with Crippen molar-refractivity contribution < 1.29 is 14.3 Å². The highest BCUT2D eigenvalue weighted by Crippen LogP contribution is 2.25. The number of carbonyl (C=O) groups is 1. The highest BCUT2D eigenvalue weighted by molar-refractivity contribution is 5.86. The molecular formula is C13H17N3O3. The summed E-state index contributed by atoms with van der Waals surface area (Å²) >= 11 is 0. The molecule has 2 aromatic heterocycles. The van der Waals surface area contributed by atoms with Gasteiger partial charge in [0.2, 0.25) is 11.7 Å². The highest BCUT2D eigenvalue weighted by Gasteiger charge is 2.22. The van der Waals surface area contributed by atoms with Crippen molar-refractivity contribution in [3.63, 3.8) is 0 Å². The molecule has 2 heterocycles. The van der Waals surface area contributed by atoms with Crippen LogP contribution in [0.5, 0.6) is 0 Å². The second kappa shape index (κ2) is 5.26. The molecule has 0 unspecified atom stereocenters. The minimum atomic E-state index is -1.08. The van der Waals surface area contributed by atoms with Crippen LogP contribution < -0.4 is 0 Å². The van der Waals surface area contributed by atoms with E-state index in [-0.39, 0.29) is 5.76 Å². The number of hydrogen-bond acceptors (Lipinski definition) is 4. The molecule has 6 nitrogen and oxygen atoms in total. The topological polar surface area (TPSA) is 81.2 Å². The first kappa shape index (κ1) is 13.3. The molecule has 6 heteroatoms. The first-order chi connectivity index (χ1) is 9.06. The summed E-state index contributed by atoms with van der Waals surface area (Å²) in [5.74, 6) is -0.808. The van der Waals surface area contributed by atoms with Gasteiger partial charge in [-0.05, 0) is 12.8 Å². The third kappa shape index (κ3) is 2.52. The van der Waals surface area contributed by atoms with Crippen LogP contribution in [0, 0.1) is 0 Å². The lowest BCUT2D eigenvalue weighted by Crippen LogP contribution is -1.99. The SMILES string of the molecule is CCCc1nc(-c2cn(C)nc2CC)oc1C(=O)O. The van der Waals surface area contributed by atoms with E-state index in [1.54, 1.807) is 10.9 Å². The van der Waals surface area contributed by atoms with Crippen molar-refractivity contribution in [3.05, 3.63) is 23.3 Å². The summed E-state index contributed by atoms with van der Waals surface area (Å²) in [6, 6.07) is 0. The maximum absolute atomic E-state index is 11.1. The maximum Gasteiger partial charge on any atom is 0.373 e. The Morgan fingerprint density at radius 3 is 2.74 bits per heavy atom. The monoisotopic (exact) mass is 263 g/mol. The minimum Gasteiger partial charge on any atom is -0.475 e. The Morgan fingerprint density at radius 2 is 2.16 bits per heavy atom. The molecular weight excluding hydrogens is 246 g/mol. The van der Waals surface area contributed by atoms with Gasteiger partial charge in [0.05, 0.1) is 17.0 Å². The molecule has 1 N–H and O–H groups in total. The summed E-state index contributed by atoms with van der Waals surface area (Å²) in [6.45, 7) is 3.96. The molecule has 0 aliphatic carbocycles. The number of aromatic carboxylic acids is 1. The fourth-order valence-electron chi connectivity index (χ4n) is 2.01. The van der Waals surface area contributed by atoms with Crippen LogP contribution in [-0.4, -0.2) is 25.8 Å². The molecule has 0 aromatic carbocycles. The van der Waals surface area contributed by atoms with E-state index in [2.05, 4.69) is 10.1 Å². The van der Waals surface area contributed by atoms with E-state index in [9.17, 15) is 4.79 Å². The fourth-order valence-corrected chi connectivity index (χ4v) is 2.01. The normalized spacial score (nSPS) is 10.9. The molecule has 0 fully saturated rings. The third-order valence-corrected chi connectivity index (χ3v) is 2.85. The van der Waals surface area contributed by atoms with Crippen LogP contribution in [0.25, 0.3) is 11.5 Å². The summed E-state index contributed by atoms with van der Waals surface area (Å²) in [7, 11) is 1.82. The zero-order chi connectivity index (χ0) is 14.0. The van der Waals surface area contributed by atoms with Crippen molar-refractivity contribution in [2.75, 3.05) is 0 Å². The van der Waals surface area contributed by atoms with Gasteiger partial charge < -0.3 is 9.52 Å². The first-order valence-electron chi connectivity index (χ1n) is 6.32. The molecule has 0 aliphatic rings. The third-order valence-electron chi connectivity index (χ3n) is 2.85. The van der Waals surface area contributed by atoms with E-state index in [4.69, 9.17) is 9.52 Å². The Kier molecular flexibility index (Phi) is 3.69. The van der Waals surface area contributed by atoms with Crippen LogP contribution in [-0.2, 0) is 19.9 Å². The number of carboxylic acid groups (broad SMARTS) is 1. The standard InChI is InChI=1S/C13H17N3O3/c1-4-6-10-11(13(17)18)19-12(14-10)8-7-16(3)15-9(8)5-2/h7H,4-6H2,1-3H3,(H,17,18). The molecule has 0 spiro atoms. The number of aryl methyl sites for hydroxylation is 3. The van der Waals surface area contributed by atoms with E-state index in [0.717, 1.165) is 24.1 Å². The quantitative estimate of drug-likeness (QED) is 0.895. The van der Waals surface area contributed by atoms with Gasteiger partial charge in [0.1, 0.15) is 0 Å². The number of hydrogen-bond donors (Lipinski definition) is 1. The second-order valence-corrected chi connectivity index (χ2v) is 4.37. The number of carboxylic acids is 1. The Morgan fingerprint density at radius 1 is 1.42 bits per heavy atom. The van der Waals surface area contributed by atoms with Crippen LogP contribution >= 0.6 is 0 Å². The Hall–Kier alpha value is -2.11. The van der Waals surface area contributed by atoms with E-state index >= 15 is 0 Å². The lowest BCUT2D eigenvalue weighted by molar-refractivity contribution is 0.0661. The molecule has 0 atom stereocenters. The summed E-state index contributed by atoms with van der Waals surface area (Å²) < 4.78 is 7.09. The van der Waals surface area contributed by atoms with Gasteiger partial charge in [0.15, 0.2) is 0 Å². The van der Waals surface area contributed by atoms with Crippen molar-refractivity contribution in [2.45, 2.75) is 33.1 Å². The fraction of sp³-hybridized carbons (Fsp3) is 0.462. The highest BCUT2D eigenvalue weighted by atomic mass is 16.4. The van der Waals surface area contributed by atoms with E-state index in [1.807, 2.05) is 20.9 Å². The van der Waals surface area contributed by atoms with Crippen LogP contribution in [0.4, 0.5) is 0 Å². The summed E-state index contributed by atoms with van der Waals surface area (Å²) in [5.41, 5.74) is 2.11. The molecule has 2 aromatic rings. The number of aromatic nitrogens is 3.